The molecule has 0 saturated heterocycles. The van der Waals surface area contributed by atoms with Gasteiger partial charge in [0.05, 0.1) is 29.2 Å². The Balaban J connectivity index is 1.56. The molecule has 3 rings (SSSR count). The molecule has 1 unspecified atom stereocenters. The van der Waals surface area contributed by atoms with Crippen molar-refractivity contribution >= 4 is 39.4 Å². The van der Waals surface area contributed by atoms with Crippen molar-refractivity contribution in [3.8, 4) is 5.75 Å². The summed E-state index contributed by atoms with van der Waals surface area (Å²) in [5, 5.41) is 3.18. The Morgan fingerprint density at radius 2 is 1.74 bits per heavy atom. The molecule has 2 amide bonds. The zero-order valence-electron chi connectivity index (χ0n) is 21.6. The van der Waals surface area contributed by atoms with Gasteiger partial charge in [-0.05, 0) is 67.8 Å². The maximum absolute atomic E-state index is 12.7. The van der Waals surface area contributed by atoms with Crippen LogP contribution in [0.15, 0.2) is 65.7 Å². The molecule has 0 fully saturated rings. The smallest absolute Gasteiger partial charge is 0.357 e. The molecule has 0 aliphatic carbocycles. The first-order chi connectivity index (χ1) is 18.5. The summed E-state index contributed by atoms with van der Waals surface area (Å²) in [5.41, 5.74) is 1.04. The molecular weight excluding hydrogens is 546 g/mol. The zero-order chi connectivity index (χ0) is 28.6. The second kappa shape index (κ2) is 13.2. The third kappa shape index (κ3) is 8.01. The monoisotopic (exact) mass is 573 g/mol. The number of nitrogens with one attached hydrogen (secondary N) is 2. The fourth-order valence-corrected chi connectivity index (χ4v) is 4.47. The molecule has 3 aromatic rings. The average Bonchev–Trinajstić information content (AvgIpc) is 2.93. The molecule has 0 spiro atoms. The fraction of sp³-hybridized carbons (Fsp3) is 0.259. The van der Waals surface area contributed by atoms with Gasteiger partial charge in [0.25, 0.3) is 21.8 Å². The number of amides is 2. The SMILES string of the molecule is CCC(C)OC(=O)c1ccc(C(=O)NS(=O)(=O)c2ccc(CCNC(=O)c3cc(Cl)ccc3OC)cc2)cn1. The molecule has 0 aliphatic rings. The number of methoxy groups -OCH3 is 1. The van der Waals surface area contributed by atoms with Crippen LogP contribution in [-0.4, -0.2) is 50.9 Å². The van der Waals surface area contributed by atoms with Crippen LogP contribution in [0.2, 0.25) is 5.02 Å². The highest BCUT2D eigenvalue weighted by atomic mass is 35.5. The maximum Gasteiger partial charge on any atom is 0.357 e. The van der Waals surface area contributed by atoms with Gasteiger partial charge in [0.15, 0.2) is 0 Å². The Bertz CT molecular complexity index is 1440. The zero-order valence-corrected chi connectivity index (χ0v) is 23.1. The lowest BCUT2D eigenvalue weighted by Crippen LogP contribution is -2.30. The number of carbonyl (C=O) groups excluding carboxylic acids is 3. The minimum Gasteiger partial charge on any atom is -0.496 e. The van der Waals surface area contributed by atoms with E-state index in [-0.39, 0.29) is 34.7 Å². The number of ether oxygens (including phenoxy) is 2. The van der Waals surface area contributed by atoms with Gasteiger partial charge in [-0.1, -0.05) is 30.7 Å². The lowest BCUT2D eigenvalue weighted by molar-refractivity contribution is 0.0327. The molecule has 2 aromatic carbocycles. The van der Waals surface area contributed by atoms with E-state index >= 15 is 0 Å². The molecule has 12 heteroatoms. The third-order valence-electron chi connectivity index (χ3n) is 5.68. The second-order valence-electron chi connectivity index (χ2n) is 8.49. The lowest BCUT2D eigenvalue weighted by Gasteiger charge is -2.11. The highest BCUT2D eigenvalue weighted by molar-refractivity contribution is 7.90. The van der Waals surface area contributed by atoms with Crippen LogP contribution in [0, 0.1) is 0 Å². The highest BCUT2D eigenvalue weighted by Gasteiger charge is 2.20. The van der Waals surface area contributed by atoms with Crippen molar-refractivity contribution in [3.63, 3.8) is 0 Å². The molecule has 0 aliphatic heterocycles. The highest BCUT2D eigenvalue weighted by Crippen LogP contribution is 2.22. The van der Waals surface area contributed by atoms with Crippen LogP contribution in [0.25, 0.3) is 0 Å². The second-order valence-corrected chi connectivity index (χ2v) is 10.6. The van der Waals surface area contributed by atoms with Crippen LogP contribution < -0.4 is 14.8 Å². The number of rotatable bonds is 11. The predicted molar refractivity (Wildman–Crippen MR) is 145 cm³/mol. The van der Waals surface area contributed by atoms with E-state index in [1.165, 1.54) is 37.4 Å². The molecule has 0 bridgehead atoms. The van der Waals surface area contributed by atoms with Crippen LogP contribution in [0.5, 0.6) is 5.75 Å². The fourth-order valence-electron chi connectivity index (χ4n) is 3.32. The van der Waals surface area contributed by atoms with Crippen molar-refractivity contribution < 1.29 is 32.3 Å². The summed E-state index contributed by atoms with van der Waals surface area (Å²) in [4.78, 5) is 40.8. The van der Waals surface area contributed by atoms with E-state index in [1.807, 2.05) is 11.6 Å². The first-order valence-electron chi connectivity index (χ1n) is 12.0. The maximum atomic E-state index is 12.7. The first kappa shape index (κ1) is 29.6. The molecule has 1 heterocycles. The molecule has 206 valence electrons. The number of sulfonamides is 1. The molecule has 0 radical (unpaired) electrons. The Kier molecular flexibility index (Phi) is 10.0. The van der Waals surface area contributed by atoms with Crippen LogP contribution in [-0.2, 0) is 21.2 Å². The largest absolute Gasteiger partial charge is 0.496 e. The summed E-state index contributed by atoms with van der Waals surface area (Å²) in [7, 11) is -2.71. The standard InChI is InChI=1S/C27H28ClN3O7S/c1-4-17(2)38-27(34)23-11-7-19(16-30-23)25(32)31-39(35,36)21-9-5-18(6-10-21)13-14-29-26(33)22-15-20(28)8-12-24(22)37-3/h5-12,15-17H,4,13-14H2,1-3H3,(H,29,33)(H,31,32). The van der Waals surface area contributed by atoms with E-state index in [0.29, 0.717) is 29.2 Å². The van der Waals surface area contributed by atoms with Gasteiger partial charge in [-0.15, -0.1) is 0 Å². The van der Waals surface area contributed by atoms with Crippen molar-refractivity contribution in [2.24, 2.45) is 0 Å². The van der Waals surface area contributed by atoms with Gasteiger partial charge in [0, 0.05) is 17.8 Å². The summed E-state index contributed by atoms with van der Waals surface area (Å²) >= 11 is 5.97. The van der Waals surface area contributed by atoms with Gasteiger partial charge in [-0.2, -0.15) is 0 Å². The Morgan fingerprint density at radius 1 is 1.03 bits per heavy atom. The molecule has 1 aromatic heterocycles. The number of carbonyl (C=O) groups is 3. The predicted octanol–water partition coefficient (Wildman–Crippen LogP) is 3.79. The number of benzene rings is 2. The van der Waals surface area contributed by atoms with Crippen molar-refractivity contribution in [3.05, 3.63) is 88.2 Å². The summed E-state index contributed by atoms with van der Waals surface area (Å²) in [5.74, 6) is -1.49. The van der Waals surface area contributed by atoms with Crippen LogP contribution in [0.4, 0.5) is 0 Å². The topological polar surface area (TPSA) is 141 Å². The molecule has 39 heavy (non-hydrogen) atoms. The summed E-state index contributed by atoms with van der Waals surface area (Å²) in [6, 6.07) is 13.2. The molecule has 1 atom stereocenters. The number of aromatic nitrogens is 1. The Hall–Kier alpha value is -3.96. The van der Waals surface area contributed by atoms with Gasteiger partial charge in [-0.25, -0.2) is 22.9 Å². The normalized spacial score (nSPS) is 11.8. The van der Waals surface area contributed by atoms with E-state index in [4.69, 9.17) is 21.1 Å². The van der Waals surface area contributed by atoms with Gasteiger partial charge in [0.2, 0.25) is 0 Å². The van der Waals surface area contributed by atoms with E-state index in [0.717, 1.165) is 11.8 Å². The first-order valence-corrected chi connectivity index (χ1v) is 13.8. The van der Waals surface area contributed by atoms with Crippen molar-refractivity contribution in [1.29, 1.82) is 0 Å². The number of hydrogen-bond donors (Lipinski definition) is 2. The number of esters is 1. The van der Waals surface area contributed by atoms with Gasteiger partial charge in [0.1, 0.15) is 11.4 Å². The molecule has 0 saturated carbocycles. The van der Waals surface area contributed by atoms with Gasteiger partial charge < -0.3 is 14.8 Å². The van der Waals surface area contributed by atoms with Crippen molar-refractivity contribution in [1.82, 2.24) is 15.0 Å². The minimum atomic E-state index is -4.17. The van der Waals surface area contributed by atoms with Gasteiger partial charge in [-0.3, -0.25) is 9.59 Å². The van der Waals surface area contributed by atoms with Crippen LogP contribution >= 0.6 is 11.6 Å². The Morgan fingerprint density at radius 3 is 2.36 bits per heavy atom. The van der Waals surface area contributed by atoms with Crippen molar-refractivity contribution in [2.45, 2.75) is 37.7 Å². The van der Waals surface area contributed by atoms with Crippen LogP contribution in [0.1, 0.15) is 57.0 Å². The summed E-state index contributed by atoms with van der Waals surface area (Å²) in [6.45, 7) is 3.90. The van der Waals surface area contributed by atoms with E-state index < -0.39 is 21.9 Å². The van der Waals surface area contributed by atoms with Gasteiger partial charge >= 0.3 is 5.97 Å². The summed E-state index contributed by atoms with van der Waals surface area (Å²) < 4.78 is 37.7. The minimum absolute atomic E-state index is 0.00758. The van der Waals surface area contributed by atoms with Crippen LogP contribution in [0.3, 0.4) is 0 Å². The molecule has 10 nitrogen and oxygen atoms in total. The van der Waals surface area contributed by atoms with Crippen molar-refractivity contribution in [2.75, 3.05) is 13.7 Å². The molecule has 2 N–H and O–H groups in total. The summed E-state index contributed by atoms with van der Waals surface area (Å²) in [6.07, 6.45) is 1.89. The number of hydrogen-bond acceptors (Lipinski definition) is 8. The molecular formula is C27H28ClN3O7S. The van der Waals surface area contributed by atoms with E-state index in [1.54, 1.807) is 31.2 Å². The van der Waals surface area contributed by atoms with E-state index in [2.05, 4.69) is 10.3 Å². The Labute approximate surface area is 231 Å². The quantitative estimate of drug-likeness (QED) is 0.330. The number of halogens is 1. The third-order valence-corrected chi connectivity index (χ3v) is 7.27. The number of pyridine rings is 1. The number of nitrogens with zero attached hydrogens (tertiary/aromatic N) is 1. The lowest BCUT2D eigenvalue weighted by atomic mass is 10.1. The average molecular weight is 574 g/mol. The van der Waals surface area contributed by atoms with E-state index in [9.17, 15) is 22.8 Å².